The van der Waals surface area contributed by atoms with Gasteiger partial charge in [0, 0.05) is 29.5 Å². The van der Waals surface area contributed by atoms with Crippen LogP contribution in [0, 0.1) is 0 Å². The number of phenols is 1. The quantitative estimate of drug-likeness (QED) is 0.854. The van der Waals surface area contributed by atoms with Crippen molar-refractivity contribution in [3.8, 4) is 5.75 Å². The standard InChI is InChI=1S/C17H15F3N2O4/c18-17(19,20)16(25)21-13-3-1-2-11-10(13)4-5-12(14(11)23)15(24)22-6-8-26-9-7-22/h1-5,23H,6-9H2,(H,21,25). The molecule has 0 spiro atoms. The van der Waals surface area contributed by atoms with Crippen molar-refractivity contribution in [1.82, 2.24) is 4.90 Å². The number of benzene rings is 2. The van der Waals surface area contributed by atoms with Crippen LogP contribution < -0.4 is 5.32 Å². The normalized spacial score (nSPS) is 15.1. The fourth-order valence-corrected chi connectivity index (χ4v) is 2.75. The van der Waals surface area contributed by atoms with Crippen LogP contribution in [0.1, 0.15) is 10.4 Å². The summed E-state index contributed by atoms with van der Waals surface area (Å²) in [7, 11) is 0. The summed E-state index contributed by atoms with van der Waals surface area (Å²) in [6, 6.07) is 6.86. The fraction of sp³-hybridized carbons (Fsp3) is 0.294. The second-order valence-electron chi connectivity index (χ2n) is 5.72. The molecule has 26 heavy (non-hydrogen) atoms. The number of phenolic OH excluding ortho intramolecular Hbond substituents is 1. The minimum Gasteiger partial charge on any atom is -0.506 e. The molecule has 1 aliphatic heterocycles. The van der Waals surface area contributed by atoms with Gasteiger partial charge in [0.1, 0.15) is 5.75 Å². The van der Waals surface area contributed by atoms with Crippen LogP contribution in [0.15, 0.2) is 30.3 Å². The molecule has 0 unspecified atom stereocenters. The molecule has 1 fully saturated rings. The molecule has 2 N–H and O–H groups in total. The fourth-order valence-electron chi connectivity index (χ4n) is 2.75. The number of hydrogen-bond donors (Lipinski definition) is 2. The molecule has 0 atom stereocenters. The molecule has 0 aromatic heterocycles. The van der Waals surface area contributed by atoms with E-state index in [2.05, 4.69) is 0 Å². The summed E-state index contributed by atoms with van der Waals surface area (Å²) in [5.74, 6) is -2.85. The number of ether oxygens (including phenoxy) is 1. The van der Waals surface area contributed by atoms with E-state index >= 15 is 0 Å². The van der Waals surface area contributed by atoms with Gasteiger partial charge >= 0.3 is 12.1 Å². The Hall–Kier alpha value is -2.81. The number of aromatic hydroxyl groups is 1. The zero-order valence-electron chi connectivity index (χ0n) is 13.5. The van der Waals surface area contributed by atoms with Crippen molar-refractivity contribution >= 4 is 28.3 Å². The van der Waals surface area contributed by atoms with Crippen LogP contribution in [0.3, 0.4) is 0 Å². The van der Waals surface area contributed by atoms with Crippen molar-refractivity contribution in [3.05, 3.63) is 35.9 Å². The number of alkyl halides is 3. The van der Waals surface area contributed by atoms with Crippen LogP contribution in [0.4, 0.5) is 18.9 Å². The Morgan fingerprint density at radius 2 is 1.77 bits per heavy atom. The Morgan fingerprint density at radius 3 is 2.42 bits per heavy atom. The third-order valence-corrected chi connectivity index (χ3v) is 4.07. The molecule has 1 aliphatic rings. The lowest BCUT2D eigenvalue weighted by Crippen LogP contribution is -2.40. The van der Waals surface area contributed by atoms with Crippen molar-refractivity contribution in [1.29, 1.82) is 0 Å². The summed E-state index contributed by atoms with van der Waals surface area (Å²) in [4.78, 5) is 25.3. The van der Waals surface area contributed by atoms with Gasteiger partial charge in [0.05, 0.1) is 18.8 Å². The summed E-state index contributed by atoms with van der Waals surface area (Å²) < 4.78 is 42.6. The average molecular weight is 368 g/mol. The molecule has 3 rings (SSSR count). The molecule has 2 aromatic rings. The number of nitrogens with zero attached hydrogens (tertiary/aromatic N) is 1. The summed E-state index contributed by atoms with van der Waals surface area (Å²) in [6.07, 6.45) is -5.03. The third-order valence-electron chi connectivity index (χ3n) is 4.07. The SMILES string of the molecule is O=C(c1ccc2c(NC(=O)C(F)(F)F)cccc2c1O)N1CCOCC1. The second-order valence-corrected chi connectivity index (χ2v) is 5.72. The first-order valence-electron chi connectivity index (χ1n) is 7.79. The van der Waals surface area contributed by atoms with E-state index in [9.17, 15) is 27.9 Å². The maximum Gasteiger partial charge on any atom is 0.471 e. The molecular formula is C17H15F3N2O4. The van der Waals surface area contributed by atoms with E-state index in [0.717, 1.165) is 0 Å². The molecule has 9 heteroatoms. The lowest BCUT2D eigenvalue weighted by Gasteiger charge is -2.27. The van der Waals surface area contributed by atoms with Crippen LogP contribution in [0.5, 0.6) is 5.75 Å². The number of nitrogens with one attached hydrogen (secondary N) is 1. The summed E-state index contributed by atoms with van der Waals surface area (Å²) >= 11 is 0. The van der Waals surface area contributed by atoms with E-state index < -0.39 is 18.0 Å². The Balaban J connectivity index is 1.97. The first-order valence-corrected chi connectivity index (χ1v) is 7.79. The van der Waals surface area contributed by atoms with Gasteiger partial charge in [0.2, 0.25) is 0 Å². The molecule has 2 aromatic carbocycles. The minimum absolute atomic E-state index is 0.0405. The molecule has 0 saturated carbocycles. The highest BCUT2D eigenvalue weighted by atomic mass is 19.4. The van der Waals surface area contributed by atoms with Gasteiger partial charge in [-0.2, -0.15) is 13.2 Å². The summed E-state index contributed by atoms with van der Waals surface area (Å²) in [5, 5.41) is 12.6. The highest BCUT2D eigenvalue weighted by molar-refractivity contribution is 6.09. The molecule has 0 bridgehead atoms. The Labute approximate surface area is 146 Å². The smallest absolute Gasteiger partial charge is 0.471 e. The maximum absolute atomic E-state index is 12.6. The third kappa shape index (κ3) is 3.43. The van der Waals surface area contributed by atoms with Gasteiger partial charge in [-0.1, -0.05) is 18.2 Å². The first-order chi connectivity index (χ1) is 12.3. The monoisotopic (exact) mass is 368 g/mol. The van der Waals surface area contributed by atoms with E-state index in [0.29, 0.717) is 26.3 Å². The minimum atomic E-state index is -5.03. The van der Waals surface area contributed by atoms with Crippen LogP contribution in [-0.2, 0) is 9.53 Å². The van der Waals surface area contributed by atoms with Crippen LogP contribution in [0.25, 0.3) is 10.8 Å². The zero-order valence-corrected chi connectivity index (χ0v) is 13.5. The number of rotatable bonds is 2. The van der Waals surface area contributed by atoms with Crippen molar-refractivity contribution in [2.75, 3.05) is 31.6 Å². The number of halogens is 3. The van der Waals surface area contributed by atoms with Crippen molar-refractivity contribution in [2.45, 2.75) is 6.18 Å². The van der Waals surface area contributed by atoms with Crippen LogP contribution in [-0.4, -0.2) is 54.3 Å². The van der Waals surface area contributed by atoms with E-state index in [1.165, 1.54) is 35.2 Å². The molecule has 0 aliphatic carbocycles. The van der Waals surface area contributed by atoms with Gasteiger partial charge in [-0.05, 0) is 12.1 Å². The van der Waals surface area contributed by atoms with Crippen molar-refractivity contribution < 1.29 is 32.6 Å². The lowest BCUT2D eigenvalue weighted by atomic mass is 10.0. The van der Waals surface area contributed by atoms with Crippen LogP contribution >= 0.6 is 0 Å². The molecule has 1 saturated heterocycles. The predicted molar refractivity (Wildman–Crippen MR) is 87.0 cm³/mol. The highest BCUT2D eigenvalue weighted by Gasteiger charge is 2.39. The molecule has 6 nitrogen and oxygen atoms in total. The molecule has 0 radical (unpaired) electrons. The largest absolute Gasteiger partial charge is 0.506 e. The van der Waals surface area contributed by atoms with Gasteiger partial charge in [0.25, 0.3) is 5.91 Å². The number of morpholine rings is 1. The van der Waals surface area contributed by atoms with Crippen molar-refractivity contribution in [2.24, 2.45) is 0 Å². The van der Waals surface area contributed by atoms with E-state index in [4.69, 9.17) is 4.74 Å². The molecule has 138 valence electrons. The lowest BCUT2D eigenvalue weighted by molar-refractivity contribution is -0.167. The molecule has 2 amide bonds. The number of carbonyl (C=O) groups is 2. The van der Waals surface area contributed by atoms with E-state index in [1.807, 2.05) is 0 Å². The van der Waals surface area contributed by atoms with Crippen molar-refractivity contribution in [3.63, 3.8) is 0 Å². The summed E-state index contributed by atoms with van der Waals surface area (Å²) in [6.45, 7) is 1.57. The topological polar surface area (TPSA) is 78.9 Å². The number of amides is 2. The summed E-state index contributed by atoms with van der Waals surface area (Å²) in [5.41, 5.74) is -0.0656. The van der Waals surface area contributed by atoms with Gasteiger partial charge in [-0.3, -0.25) is 9.59 Å². The van der Waals surface area contributed by atoms with E-state index in [1.54, 1.807) is 5.32 Å². The number of carbonyl (C=O) groups excluding carboxylic acids is 2. The molecular weight excluding hydrogens is 353 g/mol. The Bertz CT molecular complexity index is 861. The number of hydrogen-bond acceptors (Lipinski definition) is 4. The Kier molecular flexibility index (Phi) is 4.73. The predicted octanol–water partition coefficient (Wildman–Crippen LogP) is 2.52. The van der Waals surface area contributed by atoms with Gasteiger partial charge in [-0.25, -0.2) is 0 Å². The maximum atomic E-state index is 12.6. The van der Waals surface area contributed by atoms with E-state index in [-0.39, 0.29) is 27.8 Å². The molecule has 1 heterocycles. The second kappa shape index (κ2) is 6.83. The average Bonchev–Trinajstić information content (AvgIpc) is 2.62. The van der Waals surface area contributed by atoms with Gasteiger partial charge < -0.3 is 20.1 Å². The van der Waals surface area contributed by atoms with Gasteiger partial charge in [0.15, 0.2) is 0 Å². The number of fused-ring (bicyclic) bond motifs is 1. The highest BCUT2D eigenvalue weighted by Crippen LogP contribution is 2.34. The first kappa shape index (κ1) is 18.0. The van der Waals surface area contributed by atoms with Crippen LogP contribution in [0.2, 0.25) is 0 Å². The Morgan fingerprint density at radius 1 is 1.08 bits per heavy atom. The number of anilines is 1. The zero-order chi connectivity index (χ0) is 18.9. The van der Waals surface area contributed by atoms with Gasteiger partial charge in [-0.15, -0.1) is 0 Å².